The lowest BCUT2D eigenvalue weighted by Gasteiger charge is -2.10. The van der Waals surface area contributed by atoms with Gasteiger partial charge in [0, 0.05) is 18.5 Å². The largest absolute Gasteiger partial charge is 0.462 e. The molecule has 0 amide bonds. The van der Waals surface area contributed by atoms with Gasteiger partial charge >= 0.3 is 5.97 Å². The molecule has 0 aliphatic heterocycles. The predicted octanol–water partition coefficient (Wildman–Crippen LogP) is 3.68. The molecule has 0 unspecified atom stereocenters. The molecule has 6 nitrogen and oxygen atoms in total. The van der Waals surface area contributed by atoms with Crippen molar-refractivity contribution in [3.05, 3.63) is 75.5 Å². The van der Waals surface area contributed by atoms with Gasteiger partial charge in [0.2, 0.25) is 0 Å². The van der Waals surface area contributed by atoms with E-state index in [9.17, 15) is 18.8 Å². The Labute approximate surface area is 167 Å². The Balaban J connectivity index is 1.61. The second-order valence-corrected chi connectivity index (χ2v) is 6.62. The summed E-state index contributed by atoms with van der Waals surface area (Å²) < 4.78 is 19.7. The number of carbonyl (C=O) groups is 2. The van der Waals surface area contributed by atoms with Gasteiger partial charge in [-0.1, -0.05) is 0 Å². The minimum atomic E-state index is -0.519. The number of nitrogens with zero attached hydrogens (tertiary/aromatic N) is 2. The Morgan fingerprint density at radius 3 is 2.48 bits per heavy atom. The lowest BCUT2D eigenvalue weighted by Crippen LogP contribution is -2.23. The van der Waals surface area contributed by atoms with E-state index in [1.807, 2.05) is 6.92 Å². The highest BCUT2D eigenvalue weighted by Gasteiger charge is 2.13. The number of ketones is 1. The molecule has 0 aliphatic rings. The molecule has 0 saturated heterocycles. The molecule has 7 heteroatoms. The second-order valence-electron chi connectivity index (χ2n) is 6.62. The maximum atomic E-state index is 12.9. The number of benzene rings is 2. The standard InChI is InChI=1S/C22H21FN2O4/c1-3-25-19-11-8-16(13-18(19)24-14(2)21(25)27)22(28)29-12-4-5-20(26)15-6-9-17(23)10-7-15/h6-11,13H,3-5,12H2,1-2H3. The molecule has 0 radical (unpaired) electrons. The average molecular weight is 396 g/mol. The molecule has 0 bridgehead atoms. The van der Waals surface area contributed by atoms with Gasteiger partial charge in [-0.3, -0.25) is 9.59 Å². The van der Waals surface area contributed by atoms with Crippen molar-refractivity contribution in [2.24, 2.45) is 0 Å². The van der Waals surface area contributed by atoms with Crippen LogP contribution in [0.1, 0.15) is 46.2 Å². The number of esters is 1. The van der Waals surface area contributed by atoms with Crippen molar-refractivity contribution in [1.82, 2.24) is 9.55 Å². The summed E-state index contributed by atoms with van der Waals surface area (Å²) in [5.74, 6) is -1.05. The van der Waals surface area contributed by atoms with Crippen LogP contribution in [0.2, 0.25) is 0 Å². The van der Waals surface area contributed by atoms with E-state index in [2.05, 4.69) is 4.98 Å². The zero-order valence-electron chi connectivity index (χ0n) is 16.3. The van der Waals surface area contributed by atoms with Crippen LogP contribution in [0.5, 0.6) is 0 Å². The highest BCUT2D eigenvalue weighted by atomic mass is 19.1. The van der Waals surface area contributed by atoms with Gasteiger partial charge in [0.05, 0.1) is 23.2 Å². The van der Waals surface area contributed by atoms with Crippen LogP contribution >= 0.6 is 0 Å². The molecule has 0 spiro atoms. The normalized spacial score (nSPS) is 10.9. The Morgan fingerprint density at radius 2 is 1.79 bits per heavy atom. The third-order valence-corrected chi connectivity index (χ3v) is 4.61. The van der Waals surface area contributed by atoms with Gasteiger partial charge in [-0.25, -0.2) is 14.2 Å². The smallest absolute Gasteiger partial charge is 0.338 e. The molecule has 0 fully saturated rings. The van der Waals surface area contributed by atoms with Gasteiger partial charge in [-0.2, -0.15) is 0 Å². The number of fused-ring (bicyclic) bond motifs is 1. The van der Waals surface area contributed by atoms with E-state index in [0.717, 1.165) is 0 Å². The van der Waals surface area contributed by atoms with Gasteiger partial charge in [0.1, 0.15) is 11.5 Å². The predicted molar refractivity (Wildman–Crippen MR) is 107 cm³/mol. The first-order valence-corrected chi connectivity index (χ1v) is 9.37. The molecule has 0 saturated carbocycles. The van der Waals surface area contributed by atoms with Gasteiger partial charge < -0.3 is 9.30 Å². The summed E-state index contributed by atoms with van der Waals surface area (Å²) in [5, 5.41) is 0. The summed E-state index contributed by atoms with van der Waals surface area (Å²) in [6.45, 7) is 4.10. The number of Topliss-reactive ketones (excluding diaryl/α,β-unsaturated/α-hetero) is 1. The van der Waals surface area contributed by atoms with Crippen LogP contribution in [-0.2, 0) is 11.3 Å². The summed E-state index contributed by atoms with van der Waals surface area (Å²) in [5.41, 5.74) is 2.17. The molecule has 0 atom stereocenters. The first-order valence-electron chi connectivity index (χ1n) is 9.37. The molecule has 3 rings (SSSR count). The lowest BCUT2D eigenvalue weighted by atomic mass is 10.1. The summed E-state index contributed by atoms with van der Waals surface area (Å²) >= 11 is 0. The van der Waals surface area contributed by atoms with Crippen molar-refractivity contribution in [3.8, 4) is 0 Å². The van der Waals surface area contributed by atoms with Crippen LogP contribution in [-0.4, -0.2) is 27.9 Å². The van der Waals surface area contributed by atoms with E-state index in [1.165, 1.54) is 24.3 Å². The highest BCUT2D eigenvalue weighted by Crippen LogP contribution is 2.15. The van der Waals surface area contributed by atoms with Gasteiger partial charge in [0.25, 0.3) is 5.56 Å². The Bertz CT molecular complexity index is 1120. The van der Waals surface area contributed by atoms with Crippen LogP contribution in [0.3, 0.4) is 0 Å². The Kier molecular flexibility index (Phi) is 6.16. The van der Waals surface area contributed by atoms with E-state index < -0.39 is 11.8 Å². The molecule has 150 valence electrons. The maximum Gasteiger partial charge on any atom is 0.338 e. The first-order chi connectivity index (χ1) is 13.9. The highest BCUT2D eigenvalue weighted by molar-refractivity contribution is 5.96. The second kappa shape index (κ2) is 8.77. The van der Waals surface area contributed by atoms with E-state index in [-0.39, 0.29) is 24.4 Å². The van der Waals surface area contributed by atoms with Crippen molar-refractivity contribution in [2.75, 3.05) is 6.61 Å². The van der Waals surface area contributed by atoms with Crippen LogP contribution in [0.15, 0.2) is 47.3 Å². The Hall–Kier alpha value is -3.35. The topological polar surface area (TPSA) is 78.3 Å². The molecule has 0 aliphatic carbocycles. The van der Waals surface area contributed by atoms with E-state index in [4.69, 9.17) is 4.74 Å². The van der Waals surface area contributed by atoms with Gasteiger partial charge in [0.15, 0.2) is 5.78 Å². The van der Waals surface area contributed by atoms with Crippen LogP contribution in [0, 0.1) is 12.7 Å². The SMILES string of the molecule is CCn1c(=O)c(C)nc2cc(C(=O)OCCCC(=O)c3ccc(F)cc3)ccc21. The molecular weight excluding hydrogens is 375 g/mol. The molecule has 3 aromatic rings. The summed E-state index contributed by atoms with van der Waals surface area (Å²) in [4.78, 5) is 40.8. The van der Waals surface area contributed by atoms with Crippen LogP contribution in [0.4, 0.5) is 4.39 Å². The quantitative estimate of drug-likeness (QED) is 0.346. The van der Waals surface area contributed by atoms with Gasteiger partial charge in [-0.05, 0) is 62.7 Å². The minimum Gasteiger partial charge on any atom is -0.462 e. The maximum absolute atomic E-state index is 12.9. The van der Waals surface area contributed by atoms with Crippen LogP contribution < -0.4 is 5.56 Å². The van der Waals surface area contributed by atoms with Crippen molar-refractivity contribution in [2.45, 2.75) is 33.2 Å². The molecule has 1 aromatic heterocycles. The first kappa shape index (κ1) is 20.4. The zero-order chi connectivity index (χ0) is 21.0. The fourth-order valence-corrected chi connectivity index (χ4v) is 3.08. The lowest BCUT2D eigenvalue weighted by molar-refractivity contribution is 0.0494. The number of hydrogen-bond acceptors (Lipinski definition) is 5. The summed E-state index contributed by atoms with van der Waals surface area (Å²) in [6.07, 6.45) is 0.558. The van der Waals surface area contributed by atoms with Gasteiger partial charge in [-0.15, -0.1) is 0 Å². The third kappa shape index (κ3) is 4.56. The minimum absolute atomic E-state index is 0.0880. The van der Waals surface area contributed by atoms with Crippen LogP contribution in [0.25, 0.3) is 11.0 Å². The number of aryl methyl sites for hydroxylation is 2. The molecular formula is C22H21FN2O4. The third-order valence-electron chi connectivity index (χ3n) is 4.61. The number of rotatable bonds is 7. The van der Waals surface area contributed by atoms with Crippen molar-refractivity contribution >= 4 is 22.8 Å². The average Bonchev–Trinajstić information content (AvgIpc) is 2.72. The fraction of sp³-hybridized carbons (Fsp3) is 0.273. The van der Waals surface area contributed by atoms with Crippen molar-refractivity contribution in [1.29, 1.82) is 0 Å². The number of aromatic nitrogens is 2. The number of hydrogen-bond donors (Lipinski definition) is 0. The summed E-state index contributed by atoms with van der Waals surface area (Å²) in [7, 11) is 0. The van der Waals surface area contributed by atoms with E-state index in [1.54, 1.807) is 29.7 Å². The molecule has 2 aromatic carbocycles. The Morgan fingerprint density at radius 1 is 1.10 bits per heavy atom. The van der Waals surface area contributed by atoms with Crippen molar-refractivity contribution in [3.63, 3.8) is 0 Å². The van der Waals surface area contributed by atoms with Crippen molar-refractivity contribution < 1.29 is 18.7 Å². The molecule has 1 heterocycles. The molecule has 29 heavy (non-hydrogen) atoms. The summed E-state index contributed by atoms with van der Waals surface area (Å²) in [6, 6.07) is 10.2. The number of carbonyl (C=O) groups excluding carboxylic acids is 2. The fourth-order valence-electron chi connectivity index (χ4n) is 3.08. The van der Waals surface area contributed by atoms with E-state index >= 15 is 0 Å². The number of halogens is 1. The zero-order valence-corrected chi connectivity index (χ0v) is 16.3. The number of ether oxygens (including phenoxy) is 1. The molecule has 0 N–H and O–H groups in total. The monoisotopic (exact) mass is 396 g/mol. The van der Waals surface area contributed by atoms with E-state index in [0.29, 0.717) is 40.8 Å².